The maximum atomic E-state index is 14.0. The van der Waals surface area contributed by atoms with E-state index >= 15 is 0 Å². The zero-order valence-electron chi connectivity index (χ0n) is 16.5. The van der Waals surface area contributed by atoms with E-state index in [2.05, 4.69) is 10.2 Å². The minimum atomic E-state index is -4.00. The molecule has 2 aromatic carbocycles. The van der Waals surface area contributed by atoms with Crippen LogP contribution in [0.2, 0.25) is 0 Å². The van der Waals surface area contributed by atoms with E-state index < -0.39 is 15.8 Å². The Hall–Kier alpha value is -2.45. The minimum Gasteiger partial charge on any atom is -0.352 e. The van der Waals surface area contributed by atoms with Crippen LogP contribution >= 0.6 is 0 Å². The van der Waals surface area contributed by atoms with Gasteiger partial charge in [0.25, 0.3) is 15.9 Å². The molecule has 1 aliphatic heterocycles. The molecule has 1 amide bonds. The van der Waals surface area contributed by atoms with Gasteiger partial charge in [-0.2, -0.15) is 0 Å². The summed E-state index contributed by atoms with van der Waals surface area (Å²) in [6.07, 6.45) is 3.31. The summed E-state index contributed by atoms with van der Waals surface area (Å²) in [6.45, 7) is 3.70. The van der Waals surface area contributed by atoms with Crippen molar-refractivity contribution in [1.29, 1.82) is 0 Å². The number of carbonyl (C=O) groups is 1. The number of amides is 1. The second kappa shape index (κ2) is 9.37. The lowest BCUT2D eigenvalue weighted by molar-refractivity contribution is 0.0952. The molecule has 0 aromatic heterocycles. The molecular formula is C21H26FN3O3S. The van der Waals surface area contributed by atoms with Crippen molar-refractivity contribution in [2.75, 3.05) is 37.5 Å². The van der Waals surface area contributed by atoms with E-state index in [1.54, 1.807) is 12.1 Å². The largest absolute Gasteiger partial charge is 0.352 e. The summed E-state index contributed by atoms with van der Waals surface area (Å²) in [7, 11) is -2.71. The quantitative estimate of drug-likeness (QED) is 0.668. The van der Waals surface area contributed by atoms with Crippen LogP contribution in [0, 0.1) is 5.82 Å². The molecule has 1 aliphatic rings. The average Bonchev–Trinajstić information content (AvgIpc) is 3.24. The molecule has 1 saturated heterocycles. The van der Waals surface area contributed by atoms with Crippen LogP contribution in [0.1, 0.15) is 29.6 Å². The SMILES string of the molecule is CN(c1ccccc1F)S(=O)(=O)c1cccc(C(=O)NCCCN2CCCC2)c1. The lowest BCUT2D eigenvalue weighted by Gasteiger charge is -2.20. The predicted molar refractivity (Wildman–Crippen MR) is 111 cm³/mol. The highest BCUT2D eigenvalue weighted by molar-refractivity contribution is 7.92. The Morgan fingerprint density at radius 1 is 1.14 bits per heavy atom. The summed E-state index contributed by atoms with van der Waals surface area (Å²) in [5.74, 6) is -0.956. The van der Waals surface area contributed by atoms with Gasteiger partial charge in [0.15, 0.2) is 0 Å². The third kappa shape index (κ3) is 5.13. The van der Waals surface area contributed by atoms with Crippen molar-refractivity contribution < 1.29 is 17.6 Å². The topological polar surface area (TPSA) is 69.7 Å². The van der Waals surface area contributed by atoms with Crippen molar-refractivity contribution in [2.45, 2.75) is 24.2 Å². The molecule has 1 heterocycles. The van der Waals surface area contributed by atoms with Gasteiger partial charge in [-0.25, -0.2) is 12.8 Å². The Kier molecular flexibility index (Phi) is 6.87. The predicted octanol–water partition coefficient (Wildman–Crippen LogP) is 2.87. The lowest BCUT2D eigenvalue weighted by atomic mass is 10.2. The van der Waals surface area contributed by atoms with Crippen molar-refractivity contribution in [3.05, 3.63) is 59.9 Å². The molecule has 0 aliphatic carbocycles. The van der Waals surface area contributed by atoms with E-state index in [-0.39, 0.29) is 22.1 Å². The van der Waals surface area contributed by atoms with Crippen molar-refractivity contribution in [2.24, 2.45) is 0 Å². The Labute approximate surface area is 171 Å². The number of anilines is 1. The van der Waals surface area contributed by atoms with Crippen LogP contribution < -0.4 is 9.62 Å². The van der Waals surface area contributed by atoms with Gasteiger partial charge in [-0.1, -0.05) is 18.2 Å². The van der Waals surface area contributed by atoms with E-state index in [1.807, 2.05) is 0 Å². The molecule has 0 atom stereocenters. The first-order valence-corrected chi connectivity index (χ1v) is 11.2. The molecule has 6 nitrogen and oxygen atoms in total. The van der Waals surface area contributed by atoms with E-state index in [0.717, 1.165) is 30.4 Å². The smallest absolute Gasteiger partial charge is 0.264 e. The van der Waals surface area contributed by atoms with Gasteiger partial charge >= 0.3 is 0 Å². The van der Waals surface area contributed by atoms with Gasteiger partial charge in [-0.05, 0) is 69.2 Å². The van der Waals surface area contributed by atoms with Crippen molar-refractivity contribution >= 4 is 21.6 Å². The number of carbonyl (C=O) groups excluding carboxylic acids is 1. The molecule has 0 saturated carbocycles. The van der Waals surface area contributed by atoms with Gasteiger partial charge in [-0.3, -0.25) is 9.10 Å². The van der Waals surface area contributed by atoms with Crippen molar-refractivity contribution in [3.63, 3.8) is 0 Å². The number of rotatable bonds is 8. The molecule has 0 spiro atoms. The van der Waals surface area contributed by atoms with E-state index in [1.165, 1.54) is 56.3 Å². The maximum absolute atomic E-state index is 14.0. The van der Waals surface area contributed by atoms with Crippen molar-refractivity contribution in [3.8, 4) is 0 Å². The highest BCUT2D eigenvalue weighted by atomic mass is 32.2. The Bertz CT molecular complexity index is 959. The number of halogens is 1. The summed E-state index contributed by atoms with van der Waals surface area (Å²) in [6, 6.07) is 11.5. The molecule has 0 unspecified atom stereocenters. The fourth-order valence-corrected chi connectivity index (χ4v) is 4.66. The highest BCUT2D eigenvalue weighted by Crippen LogP contribution is 2.25. The zero-order valence-corrected chi connectivity index (χ0v) is 17.3. The number of hydrogen-bond donors (Lipinski definition) is 1. The average molecular weight is 420 g/mol. The standard InChI is InChI=1S/C21H26FN3O3S/c1-24(20-11-3-2-10-19(20)22)29(27,28)18-9-6-8-17(16-18)21(26)23-12-7-15-25-13-4-5-14-25/h2-3,6,8-11,16H,4-5,7,12-15H2,1H3,(H,23,26). The van der Waals surface area contributed by atoms with Gasteiger partial charge in [0, 0.05) is 19.2 Å². The highest BCUT2D eigenvalue weighted by Gasteiger charge is 2.24. The molecule has 0 bridgehead atoms. The zero-order chi connectivity index (χ0) is 20.9. The number of likely N-dealkylation sites (tertiary alicyclic amines) is 1. The van der Waals surface area contributed by atoms with Crippen LogP contribution in [0.4, 0.5) is 10.1 Å². The van der Waals surface area contributed by atoms with Gasteiger partial charge in [0.2, 0.25) is 0 Å². The van der Waals surface area contributed by atoms with Crippen LogP contribution in [-0.4, -0.2) is 52.5 Å². The number of nitrogens with one attached hydrogen (secondary N) is 1. The second-order valence-corrected chi connectivity index (χ2v) is 9.08. The minimum absolute atomic E-state index is 0.0516. The molecular weight excluding hydrogens is 393 g/mol. The third-order valence-electron chi connectivity index (χ3n) is 5.08. The summed E-state index contributed by atoms with van der Waals surface area (Å²) in [4.78, 5) is 14.7. The summed E-state index contributed by atoms with van der Waals surface area (Å²) < 4.78 is 40.7. The van der Waals surface area contributed by atoms with Crippen LogP contribution in [0.15, 0.2) is 53.4 Å². The molecule has 0 radical (unpaired) electrons. The van der Waals surface area contributed by atoms with Crippen LogP contribution in [0.3, 0.4) is 0 Å². The molecule has 8 heteroatoms. The second-order valence-electron chi connectivity index (χ2n) is 7.11. The molecule has 1 fully saturated rings. The first-order valence-electron chi connectivity index (χ1n) is 9.73. The summed E-state index contributed by atoms with van der Waals surface area (Å²) >= 11 is 0. The summed E-state index contributed by atoms with van der Waals surface area (Å²) in [5.41, 5.74) is 0.207. The van der Waals surface area contributed by atoms with Crippen LogP contribution in [-0.2, 0) is 10.0 Å². The van der Waals surface area contributed by atoms with Crippen LogP contribution in [0.5, 0.6) is 0 Å². The molecule has 1 N–H and O–H groups in total. The van der Waals surface area contributed by atoms with E-state index in [0.29, 0.717) is 6.54 Å². The molecule has 29 heavy (non-hydrogen) atoms. The Morgan fingerprint density at radius 3 is 2.59 bits per heavy atom. The van der Waals surface area contributed by atoms with Crippen molar-refractivity contribution in [1.82, 2.24) is 10.2 Å². The number of sulfonamides is 1. The van der Waals surface area contributed by atoms with Gasteiger partial charge in [0.1, 0.15) is 5.82 Å². The summed E-state index contributed by atoms with van der Waals surface area (Å²) in [5, 5.41) is 2.84. The number of hydrogen-bond acceptors (Lipinski definition) is 4. The lowest BCUT2D eigenvalue weighted by Crippen LogP contribution is -2.29. The molecule has 156 valence electrons. The van der Waals surface area contributed by atoms with E-state index in [9.17, 15) is 17.6 Å². The van der Waals surface area contributed by atoms with Gasteiger partial charge in [-0.15, -0.1) is 0 Å². The van der Waals surface area contributed by atoms with Gasteiger partial charge in [0.05, 0.1) is 10.6 Å². The number of nitrogens with zero attached hydrogens (tertiary/aromatic N) is 2. The van der Waals surface area contributed by atoms with Gasteiger partial charge < -0.3 is 10.2 Å². The number of para-hydroxylation sites is 1. The fraction of sp³-hybridized carbons (Fsp3) is 0.381. The Balaban J connectivity index is 1.66. The monoisotopic (exact) mass is 419 g/mol. The Morgan fingerprint density at radius 2 is 1.86 bits per heavy atom. The maximum Gasteiger partial charge on any atom is 0.264 e. The molecule has 3 rings (SSSR count). The first-order chi connectivity index (χ1) is 13.9. The normalized spacial score (nSPS) is 14.7. The fourth-order valence-electron chi connectivity index (χ4n) is 3.41. The van der Waals surface area contributed by atoms with Crippen LogP contribution in [0.25, 0.3) is 0 Å². The van der Waals surface area contributed by atoms with E-state index in [4.69, 9.17) is 0 Å². The third-order valence-corrected chi connectivity index (χ3v) is 6.85. The number of benzene rings is 2. The molecule has 2 aromatic rings. The first kappa shape index (κ1) is 21.3.